The molecule has 0 fully saturated rings. The minimum absolute atomic E-state index is 0. The Balaban J connectivity index is 0.00000121. The summed E-state index contributed by atoms with van der Waals surface area (Å²) in [6, 6.07) is 2.53. The van der Waals surface area contributed by atoms with Crippen molar-refractivity contribution in [3.8, 4) is 0 Å². The van der Waals surface area contributed by atoms with Gasteiger partial charge in [0.05, 0.1) is 0 Å². The second-order valence-corrected chi connectivity index (χ2v) is 3.58. The third kappa shape index (κ3) is 2.83. The average Bonchev–Trinajstić information content (AvgIpc) is 1.97. The molecule has 0 aliphatic heterocycles. The summed E-state index contributed by atoms with van der Waals surface area (Å²) in [5, 5.41) is 0.838. The van der Waals surface area contributed by atoms with Gasteiger partial charge in [0, 0.05) is 0 Å². The van der Waals surface area contributed by atoms with Crippen LogP contribution in [-0.4, -0.2) is 0 Å². The van der Waals surface area contributed by atoms with Gasteiger partial charge < -0.3 is 0 Å². The predicted molar refractivity (Wildman–Crippen MR) is 50.3 cm³/mol. The van der Waals surface area contributed by atoms with Crippen LogP contribution in [0.25, 0.3) is 0 Å². The van der Waals surface area contributed by atoms with E-state index in [0.29, 0.717) is 0 Å². The fraction of sp³-hybridized carbons (Fsp3) is 0. The van der Waals surface area contributed by atoms with Crippen molar-refractivity contribution in [1.82, 2.24) is 0 Å². The Morgan fingerprint density at radius 2 is 1.00 bits per heavy atom. The van der Waals surface area contributed by atoms with Crippen molar-refractivity contribution < 1.29 is 29.6 Å². The molecule has 0 atom stereocenters. The van der Waals surface area contributed by atoms with Crippen LogP contribution in [0, 0.1) is 6.07 Å². The minimum atomic E-state index is 0. The first-order chi connectivity index (χ1) is 5.04. The van der Waals surface area contributed by atoms with E-state index in [-0.39, 0.29) is 54.7 Å². The Bertz CT molecular complexity index is 272. The van der Waals surface area contributed by atoms with Gasteiger partial charge in [-0.1, -0.05) is 10.0 Å². The number of rotatable bonds is 0. The molecule has 6 heteroatoms. The maximum absolute atomic E-state index is 5.64. The van der Waals surface area contributed by atoms with Crippen LogP contribution >= 0.6 is 58.0 Å². The summed E-state index contributed by atoms with van der Waals surface area (Å²) >= 11 is 28.0. The van der Waals surface area contributed by atoms with Crippen molar-refractivity contribution in [3.63, 3.8) is 0 Å². The van der Waals surface area contributed by atoms with Crippen molar-refractivity contribution in [2.24, 2.45) is 0 Å². The van der Waals surface area contributed by atoms with E-state index in [1.165, 1.54) is 0 Å². The van der Waals surface area contributed by atoms with Gasteiger partial charge in [0.2, 0.25) is 0 Å². The molecule has 1 rings (SSSR count). The summed E-state index contributed by atoms with van der Waals surface area (Å²) in [7, 11) is 0. The molecule has 0 bridgehead atoms. The number of hydrogen-bond donors (Lipinski definition) is 0. The van der Waals surface area contributed by atoms with Crippen molar-refractivity contribution in [3.05, 3.63) is 31.2 Å². The third-order valence-corrected chi connectivity index (χ3v) is 3.08. The summed E-state index contributed by atoms with van der Waals surface area (Å²) in [5.74, 6) is 0. The van der Waals surface area contributed by atoms with Crippen LogP contribution in [0.1, 0.15) is 0 Å². The molecule has 0 aliphatic rings. The average molecular weight is 272 g/mol. The van der Waals surface area contributed by atoms with Gasteiger partial charge in [-0.05, 0) is 15.1 Å². The first kappa shape index (κ1) is 13.7. The molecule has 0 aliphatic carbocycles. The van der Waals surface area contributed by atoms with Crippen molar-refractivity contribution in [1.29, 1.82) is 0 Å². The van der Waals surface area contributed by atoms with Gasteiger partial charge in [-0.2, -0.15) is 23.2 Å². The molecule has 0 radical (unpaired) electrons. The zero-order valence-electron chi connectivity index (χ0n) is 5.89. The van der Waals surface area contributed by atoms with Gasteiger partial charge in [-0.3, -0.25) is 0 Å². The monoisotopic (exact) mass is 270 g/mol. The molecule has 1 aromatic rings. The van der Waals surface area contributed by atoms with Crippen LogP contribution in [0.3, 0.4) is 0 Å². The Kier molecular flexibility index (Phi) is 6.30. The van der Waals surface area contributed by atoms with Crippen LogP contribution in [0.4, 0.5) is 0 Å². The third-order valence-electron chi connectivity index (χ3n) is 0.990. The standard InChI is InChI=1S/C6Cl5.Na/c7-2-1-3(8)5(10)6(11)4(2)9;/q-1;+1. The van der Waals surface area contributed by atoms with Gasteiger partial charge in [0.15, 0.2) is 0 Å². The maximum atomic E-state index is 5.64. The van der Waals surface area contributed by atoms with Crippen LogP contribution in [0.5, 0.6) is 0 Å². The Hall–Kier alpha value is 1.67. The van der Waals surface area contributed by atoms with E-state index in [9.17, 15) is 0 Å². The largest absolute Gasteiger partial charge is 1.00 e. The van der Waals surface area contributed by atoms with Gasteiger partial charge in [0.25, 0.3) is 0 Å². The molecule has 0 saturated carbocycles. The van der Waals surface area contributed by atoms with Crippen LogP contribution in [0.15, 0.2) is 0 Å². The molecule has 0 saturated heterocycles. The molecule has 1 aromatic carbocycles. The quantitative estimate of drug-likeness (QED) is 0.292. The van der Waals surface area contributed by atoms with E-state index in [1.54, 1.807) is 0 Å². The zero-order chi connectivity index (χ0) is 8.59. The molecule has 0 N–H and O–H groups in total. The Labute approximate surface area is 117 Å². The molecule has 12 heavy (non-hydrogen) atoms. The summed E-state index contributed by atoms with van der Waals surface area (Å²) in [4.78, 5) is 0. The van der Waals surface area contributed by atoms with E-state index in [1.807, 2.05) is 0 Å². The van der Waals surface area contributed by atoms with E-state index < -0.39 is 0 Å². The van der Waals surface area contributed by atoms with Crippen LogP contribution < -0.4 is 29.6 Å². The number of benzene rings is 1. The summed E-state index contributed by atoms with van der Waals surface area (Å²) < 4.78 is 0. The van der Waals surface area contributed by atoms with Crippen LogP contribution in [0.2, 0.25) is 25.1 Å². The van der Waals surface area contributed by atoms with E-state index in [4.69, 9.17) is 58.0 Å². The van der Waals surface area contributed by atoms with Crippen molar-refractivity contribution in [2.75, 3.05) is 0 Å². The zero-order valence-corrected chi connectivity index (χ0v) is 11.7. The van der Waals surface area contributed by atoms with Gasteiger partial charge in [-0.15, -0.1) is 40.9 Å². The summed E-state index contributed by atoms with van der Waals surface area (Å²) in [5.41, 5.74) is 0. The van der Waals surface area contributed by atoms with Gasteiger partial charge >= 0.3 is 29.6 Å². The first-order valence-corrected chi connectivity index (χ1v) is 4.33. The first-order valence-electron chi connectivity index (χ1n) is 2.44. The smallest absolute Gasteiger partial charge is 0.164 e. The van der Waals surface area contributed by atoms with Crippen molar-refractivity contribution >= 4 is 58.0 Å². The molecular weight excluding hydrogens is 272 g/mol. The summed E-state index contributed by atoms with van der Waals surface area (Å²) in [6.07, 6.45) is 0. The molecule has 0 amide bonds. The predicted octanol–water partition coefficient (Wildman–Crippen LogP) is 1.76. The number of hydrogen-bond acceptors (Lipinski definition) is 0. The Morgan fingerprint density at radius 3 is 1.33 bits per heavy atom. The second-order valence-electron chi connectivity index (χ2n) is 1.69. The molecule has 60 valence electrons. The SMILES string of the molecule is Clc1[c-]c(Cl)c(Cl)c(Cl)c1Cl.[Na+]. The van der Waals surface area contributed by atoms with E-state index in [2.05, 4.69) is 6.07 Å². The topological polar surface area (TPSA) is 0 Å². The minimum Gasteiger partial charge on any atom is -0.164 e. The fourth-order valence-electron chi connectivity index (χ4n) is 0.495. The molecular formula is C6Cl5Na. The molecule has 0 aromatic heterocycles. The van der Waals surface area contributed by atoms with Crippen LogP contribution in [-0.2, 0) is 0 Å². The van der Waals surface area contributed by atoms with Gasteiger partial charge in [-0.25, -0.2) is 0 Å². The normalized spacial score (nSPS) is 9.42. The molecule has 0 unspecified atom stereocenters. The molecule has 0 spiro atoms. The number of halogens is 5. The molecule has 0 heterocycles. The van der Waals surface area contributed by atoms with Gasteiger partial charge in [0.1, 0.15) is 0 Å². The fourth-order valence-corrected chi connectivity index (χ4v) is 1.54. The summed E-state index contributed by atoms with van der Waals surface area (Å²) in [6.45, 7) is 0. The molecule has 0 nitrogen and oxygen atoms in total. The van der Waals surface area contributed by atoms with E-state index in [0.717, 1.165) is 0 Å². The van der Waals surface area contributed by atoms with E-state index >= 15 is 0 Å². The van der Waals surface area contributed by atoms with Crippen molar-refractivity contribution in [2.45, 2.75) is 0 Å². The maximum Gasteiger partial charge on any atom is 1.00 e. The second kappa shape index (κ2) is 5.53. The Morgan fingerprint density at radius 1 is 0.667 bits per heavy atom.